The van der Waals surface area contributed by atoms with Crippen LogP contribution < -0.4 is 15.4 Å². The molecule has 1 heterocycles. The summed E-state index contributed by atoms with van der Waals surface area (Å²) in [7, 11) is 1.55. The van der Waals surface area contributed by atoms with Gasteiger partial charge in [0.1, 0.15) is 11.4 Å². The number of benzene rings is 2. The molecule has 2 aromatic carbocycles. The van der Waals surface area contributed by atoms with Crippen molar-refractivity contribution in [3.05, 3.63) is 57.6 Å². The number of ether oxygens (including phenoxy) is 1. The first kappa shape index (κ1) is 22.5. The third kappa shape index (κ3) is 5.93. The number of anilines is 2. The largest absolute Gasteiger partial charge is 0.495 e. The molecule has 1 fully saturated rings. The lowest BCUT2D eigenvalue weighted by atomic mass is 9.95. The number of nitro benzene ring substituents is 1. The molecule has 164 valence electrons. The number of halogens is 1. The number of nitrogens with one attached hydrogen (secondary N) is 2. The van der Waals surface area contributed by atoms with Gasteiger partial charge < -0.3 is 15.4 Å². The lowest BCUT2D eigenvalue weighted by Gasteiger charge is -2.30. The Morgan fingerprint density at radius 1 is 1.16 bits per heavy atom. The molecule has 0 aliphatic carbocycles. The van der Waals surface area contributed by atoms with Crippen LogP contribution in [0.4, 0.5) is 17.1 Å². The van der Waals surface area contributed by atoms with E-state index >= 15 is 0 Å². The fourth-order valence-electron chi connectivity index (χ4n) is 3.49. The molecule has 0 saturated carbocycles. The van der Waals surface area contributed by atoms with Crippen LogP contribution in [0.25, 0.3) is 0 Å². The predicted octanol–water partition coefficient (Wildman–Crippen LogP) is 3.55. The summed E-state index contributed by atoms with van der Waals surface area (Å²) in [6.45, 7) is 1.22. The zero-order valence-electron chi connectivity index (χ0n) is 17.0. The number of nitrogens with zero attached hydrogens (tertiary/aromatic N) is 2. The van der Waals surface area contributed by atoms with Gasteiger partial charge in [0, 0.05) is 17.0 Å². The Hall–Kier alpha value is -3.17. The fraction of sp³-hybridized carbons (Fsp3) is 0.333. The molecule has 1 saturated heterocycles. The van der Waals surface area contributed by atoms with E-state index in [9.17, 15) is 19.7 Å². The van der Waals surface area contributed by atoms with Crippen molar-refractivity contribution in [2.24, 2.45) is 5.92 Å². The van der Waals surface area contributed by atoms with Crippen LogP contribution in [0.5, 0.6) is 5.75 Å². The lowest BCUT2D eigenvalue weighted by molar-refractivity contribution is -0.383. The van der Waals surface area contributed by atoms with E-state index in [-0.39, 0.29) is 40.7 Å². The van der Waals surface area contributed by atoms with Crippen molar-refractivity contribution >= 4 is 40.5 Å². The third-order valence-corrected chi connectivity index (χ3v) is 5.36. The summed E-state index contributed by atoms with van der Waals surface area (Å²) < 4.78 is 5.26. The number of para-hydroxylation sites is 2. The highest BCUT2D eigenvalue weighted by Gasteiger charge is 2.27. The normalized spacial score (nSPS) is 14.6. The minimum Gasteiger partial charge on any atom is -0.495 e. The molecule has 10 heteroatoms. The minimum atomic E-state index is -0.590. The summed E-state index contributed by atoms with van der Waals surface area (Å²) in [4.78, 5) is 37.4. The average Bonchev–Trinajstić information content (AvgIpc) is 2.75. The molecule has 2 N–H and O–H groups in total. The summed E-state index contributed by atoms with van der Waals surface area (Å²) in [5.41, 5.74) is 0.472. The molecular formula is C21H23ClN4O5. The second kappa shape index (κ2) is 10.2. The molecule has 0 unspecified atom stereocenters. The number of carbonyl (C=O) groups is 2. The number of piperidine rings is 1. The molecule has 0 spiro atoms. The van der Waals surface area contributed by atoms with Crippen molar-refractivity contribution in [1.29, 1.82) is 0 Å². The van der Waals surface area contributed by atoms with Crippen molar-refractivity contribution in [3.63, 3.8) is 0 Å². The molecular weight excluding hydrogens is 424 g/mol. The quantitative estimate of drug-likeness (QED) is 0.496. The maximum absolute atomic E-state index is 12.6. The van der Waals surface area contributed by atoms with Crippen molar-refractivity contribution in [3.8, 4) is 5.75 Å². The van der Waals surface area contributed by atoms with Gasteiger partial charge in [-0.15, -0.1) is 0 Å². The predicted molar refractivity (Wildman–Crippen MR) is 118 cm³/mol. The number of amides is 2. The first-order valence-corrected chi connectivity index (χ1v) is 10.1. The van der Waals surface area contributed by atoms with E-state index in [1.165, 1.54) is 18.2 Å². The van der Waals surface area contributed by atoms with Crippen LogP contribution in [-0.4, -0.2) is 48.4 Å². The average molecular weight is 447 g/mol. The lowest BCUT2D eigenvalue weighted by Crippen LogP contribution is -2.41. The highest BCUT2D eigenvalue weighted by Crippen LogP contribution is 2.28. The molecule has 3 rings (SSSR count). The smallest absolute Gasteiger partial charge is 0.294 e. The van der Waals surface area contributed by atoms with Gasteiger partial charge in [0.15, 0.2) is 0 Å². The number of hydrogen-bond donors (Lipinski definition) is 2. The fourth-order valence-corrected chi connectivity index (χ4v) is 3.66. The van der Waals surface area contributed by atoms with Crippen molar-refractivity contribution in [2.45, 2.75) is 12.8 Å². The Kier molecular flexibility index (Phi) is 7.43. The molecule has 31 heavy (non-hydrogen) atoms. The highest BCUT2D eigenvalue weighted by molar-refractivity contribution is 6.31. The summed E-state index contributed by atoms with van der Waals surface area (Å²) >= 11 is 5.80. The van der Waals surface area contributed by atoms with Gasteiger partial charge in [-0.25, -0.2) is 0 Å². The van der Waals surface area contributed by atoms with Gasteiger partial charge in [-0.2, -0.15) is 0 Å². The van der Waals surface area contributed by atoms with Crippen LogP contribution in [0, 0.1) is 16.0 Å². The number of rotatable bonds is 7. The molecule has 2 aromatic rings. The van der Waals surface area contributed by atoms with Gasteiger partial charge in [-0.3, -0.25) is 24.6 Å². The molecule has 0 radical (unpaired) electrons. The van der Waals surface area contributed by atoms with E-state index in [0.717, 1.165) is 0 Å². The standard InChI is InChI=1S/C21H23ClN4O5/c1-31-19-5-3-2-4-17(19)24-21(28)14-8-10-25(11-9-14)13-20(27)23-16-7-6-15(22)12-18(16)26(29)30/h2-7,12,14H,8-11,13H2,1H3,(H,23,27)(H,24,28). The first-order valence-electron chi connectivity index (χ1n) is 9.77. The molecule has 1 aliphatic heterocycles. The Morgan fingerprint density at radius 2 is 1.87 bits per heavy atom. The van der Waals surface area contributed by atoms with Crippen molar-refractivity contribution < 1.29 is 19.2 Å². The monoisotopic (exact) mass is 446 g/mol. The second-order valence-corrected chi connectivity index (χ2v) is 7.64. The Morgan fingerprint density at radius 3 is 2.55 bits per heavy atom. The molecule has 0 aromatic heterocycles. The Bertz CT molecular complexity index is 976. The van der Waals surface area contributed by atoms with E-state index in [2.05, 4.69) is 10.6 Å². The Labute approximate surface area is 184 Å². The van der Waals surface area contributed by atoms with Crippen molar-refractivity contribution in [1.82, 2.24) is 4.90 Å². The molecule has 0 bridgehead atoms. The first-order chi connectivity index (χ1) is 14.9. The summed E-state index contributed by atoms with van der Waals surface area (Å²) in [5, 5.41) is 16.9. The van der Waals surface area contributed by atoms with Gasteiger partial charge in [-0.1, -0.05) is 23.7 Å². The van der Waals surface area contributed by atoms with E-state index in [1.807, 2.05) is 17.0 Å². The van der Waals surface area contributed by atoms with Gasteiger partial charge >= 0.3 is 0 Å². The van der Waals surface area contributed by atoms with E-state index < -0.39 is 4.92 Å². The van der Waals surface area contributed by atoms with Crippen LogP contribution in [0.3, 0.4) is 0 Å². The number of likely N-dealkylation sites (tertiary alicyclic amines) is 1. The zero-order chi connectivity index (χ0) is 22.4. The number of carbonyl (C=O) groups excluding carboxylic acids is 2. The van der Waals surface area contributed by atoms with Crippen LogP contribution in [0.15, 0.2) is 42.5 Å². The second-order valence-electron chi connectivity index (χ2n) is 7.21. The van der Waals surface area contributed by atoms with E-state index in [0.29, 0.717) is 37.4 Å². The maximum Gasteiger partial charge on any atom is 0.294 e. The molecule has 1 aliphatic rings. The summed E-state index contributed by atoms with van der Waals surface area (Å²) in [5.74, 6) is -0.00411. The van der Waals surface area contributed by atoms with Crippen LogP contribution in [0.1, 0.15) is 12.8 Å². The van der Waals surface area contributed by atoms with Gasteiger partial charge in [-0.05, 0) is 50.2 Å². The van der Waals surface area contributed by atoms with E-state index in [4.69, 9.17) is 16.3 Å². The molecule has 0 atom stereocenters. The zero-order valence-corrected chi connectivity index (χ0v) is 17.7. The number of hydrogen-bond acceptors (Lipinski definition) is 6. The van der Waals surface area contributed by atoms with Crippen LogP contribution >= 0.6 is 11.6 Å². The van der Waals surface area contributed by atoms with Crippen LogP contribution in [-0.2, 0) is 9.59 Å². The maximum atomic E-state index is 12.6. The number of methoxy groups -OCH3 is 1. The SMILES string of the molecule is COc1ccccc1NC(=O)C1CCN(CC(=O)Nc2ccc(Cl)cc2[N+](=O)[O-])CC1. The Balaban J connectivity index is 1.50. The minimum absolute atomic E-state index is 0.0783. The van der Waals surface area contributed by atoms with Gasteiger partial charge in [0.25, 0.3) is 5.69 Å². The van der Waals surface area contributed by atoms with Crippen molar-refractivity contribution in [2.75, 3.05) is 37.4 Å². The number of nitro groups is 1. The van der Waals surface area contributed by atoms with Gasteiger partial charge in [0.05, 0.1) is 24.3 Å². The summed E-state index contributed by atoms with van der Waals surface area (Å²) in [6.07, 6.45) is 1.21. The van der Waals surface area contributed by atoms with E-state index in [1.54, 1.807) is 19.2 Å². The van der Waals surface area contributed by atoms with Crippen LogP contribution in [0.2, 0.25) is 5.02 Å². The third-order valence-electron chi connectivity index (χ3n) is 5.12. The van der Waals surface area contributed by atoms with Gasteiger partial charge in [0.2, 0.25) is 11.8 Å². The molecule has 2 amide bonds. The highest BCUT2D eigenvalue weighted by atomic mass is 35.5. The topological polar surface area (TPSA) is 114 Å². The summed E-state index contributed by atoms with van der Waals surface area (Å²) in [6, 6.07) is 11.3. The molecule has 9 nitrogen and oxygen atoms in total.